The lowest BCUT2D eigenvalue weighted by Crippen LogP contribution is -2.52. The van der Waals surface area contributed by atoms with E-state index in [-0.39, 0.29) is 25.9 Å². The third-order valence-electron chi connectivity index (χ3n) is 4.94. The SMILES string of the molecule is [2H][C@@]1(N2Cc3c(NCc4ccc(N)cc4F)cccc3C2=O)CCC(=O)NC1=O. The summed E-state index contributed by atoms with van der Waals surface area (Å²) >= 11 is 0. The molecule has 28 heavy (non-hydrogen) atoms. The molecule has 0 aliphatic carbocycles. The van der Waals surface area contributed by atoms with Crippen LogP contribution < -0.4 is 16.4 Å². The number of nitrogens with zero attached hydrogens (tertiary/aromatic N) is 1. The van der Waals surface area contributed by atoms with Gasteiger partial charge in [0, 0.05) is 47.6 Å². The van der Waals surface area contributed by atoms with Crippen molar-refractivity contribution in [2.24, 2.45) is 0 Å². The van der Waals surface area contributed by atoms with Crippen molar-refractivity contribution in [3.8, 4) is 0 Å². The van der Waals surface area contributed by atoms with Gasteiger partial charge < -0.3 is 16.0 Å². The number of benzene rings is 2. The molecule has 1 fully saturated rings. The van der Waals surface area contributed by atoms with E-state index in [4.69, 9.17) is 7.10 Å². The largest absolute Gasteiger partial charge is 0.399 e. The molecule has 0 spiro atoms. The number of fused-ring (bicyclic) bond motifs is 1. The van der Waals surface area contributed by atoms with Crippen LogP contribution in [0, 0.1) is 5.82 Å². The van der Waals surface area contributed by atoms with Gasteiger partial charge in [-0.3, -0.25) is 19.7 Å². The van der Waals surface area contributed by atoms with Crippen molar-refractivity contribution in [1.29, 1.82) is 0 Å². The molecule has 0 saturated carbocycles. The minimum atomic E-state index is -1.84. The fourth-order valence-electron chi connectivity index (χ4n) is 3.48. The summed E-state index contributed by atoms with van der Waals surface area (Å²) in [5, 5.41) is 5.26. The van der Waals surface area contributed by atoms with Gasteiger partial charge in [-0.2, -0.15) is 0 Å². The van der Waals surface area contributed by atoms with E-state index in [1.807, 2.05) is 0 Å². The first-order valence-corrected chi connectivity index (χ1v) is 8.85. The van der Waals surface area contributed by atoms with Gasteiger partial charge in [-0.1, -0.05) is 12.1 Å². The Bertz CT molecular complexity index is 1040. The van der Waals surface area contributed by atoms with E-state index >= 15 is 0 Å². The lowest BCUT2D eigenvalue weighted by atomic mass is 10.0. The number of amides is 3. The fraction of sp³-hybridized carbons (Fsp3) is 0.250. The number of imide groups is 1. The van der Waals surface area contributed by atoms with E-state index in [2.05, 4.69) is 10.6 Å². The van der Waals surface area contributed by atoms with E-state index in [1.165, 1.54) is 11.0 Å². The molecule has 0 aromatic heterocycles. The minimum absolute atomic E-state index is 0.00309. The number of carbonyl (C=O) groups is 3. The summed E-state index contributed by atoms with van der Waals surface area (Å²) in [6.07, 6.45) is -0.0618. The van der Waals surface area contributed by atoms with Gasteiger partial charge in [0.05, 0.1) is 1.37 Å². The Kier molecular flexibility index (Phi) is 4.16. The Morgan fingerprint density at radius 2 is 2.11 bits per heavy atom. The highest BCUT2D eigenvalue weighted by molar-refractivity contribution is 6.06. The standard InChI is InChI=1S/C20H19FN4O3/c21-15-8-12(22)5-4-11(15)9-23-16-3-1-2-13-14(16)10-25(20(13)28)17-6-7-18(26)24-19(17)27/h1-5,8,17,23H,6-7,9-10,22H2,(H,24,26,27)/t17-/m1/s1/i17D. The van der Waals surface area contributed by atoms with Gasteiger partial charge in [0.15, 0.2) is 0 Å². The van der Waals surface area contributed by atoms with E-state index in [1.54, 1.807) is 30.3 Å². The maximum atomic E-state index is 14.0. The number of anilines is 2. The Morgan fingerprint density at radius 1 is 1.29 bits per heavy atom. The number of hydrogen-bond donors (Lipinski definition) is 3. The monoisotopic (exact) mass is 383 g/mol. The van der Waals surface area contributed by atoms with Crippen LogP contribution in [0.3, 0.4) is 0 Å². The first-order valence-electron chi connectivity index (χ1n) is 9.35. The summed E-state index contributed by atoms with van der Waals surface area (Å²) in [6.45, 7) is 0.227. The summed E-state index contributed by atoms with van der Waals surface area (Å²) in [7, 11) is 0. The summed E-state index contributed by atoms with van der Waals surface area (Å²) in [5.41, 5.74) is 7.94. The van der Waals surface area contributed by atoms with Gasteiger partial charge in [0.25, 0.3) is 5.91 Å². The summed E-state index contributed by atoms with van der Waals surface area (Å²) in [5.74, 6) is -2.12. The highest BCUT2D eigenvalue weighted by Crippen LogP contribution is 2.32. The van der Waals surface area contributed by atoms with Crippen LogP contribution in [0.1, 0.15) is 35.7 Å². The van der Waals surface area contributed by atoms with Gasteiger partial charge in [0.2, 0.25) is 11.8 Å². The second-order valence-electron chi connectivity index (χ2n) is 6.75. The molecule has 7 nitrogen and oxygen atoms in total. The number of rotatable bonds is 4. The number of nitrogens with one attached hydrogen (secondary N) is 2. The Morgan fingerprint density at radius 3 is 2.86 bits per heavy atom. The molecule has 2 aromatic rings. The molecule has 0 bridgehead atoms. The number of piperidine rings is 1. The Labute approximate surface area is 162 Å². The molecule has 4 rings (SSSR count). The van der Waals surface area contributed by atoms with Crippen LogP contribution in [0.2, 0.25) is 0 Å². The summed E-state index contributed by atoms with van der Waals surface area (Å²) in [4.78, 5) is 37.8. The van der Waals surface area contributed by atoms with Crippen LogP contribution in [0.15, 0.2) is 36.4 Å². The van der Waals surface area contributed by atoms with E-state index in [0.717, 1.165) is 0 Å². The zero-order valence-corrected chi connectivity index (χ0v) is 14.9. The van der Waals surface area contributed by atoms with E-state index < -0.39 is 29.6 Å². The van der Waals surface area contributed by atoms with Gasteiger partial charge in [0.1, 0.15) is 11.8 Å². The van der Waals surface area contributed by atoms with Crippen molar-refractivity contribution >= 4 is 29.1 Å². The molecule has 144 valence electrons. The highest BCUT2D eigenvalue weighted by Gasteiger charge is 2.39. The first-order chi connectivity index (χ1) is 13.8. The number of halogens is 1. The van der Waals surface area contributed by atoms with Crippen LogP contribution in [0.25, 0.3) is 0 Å². The van der Waals surface area contributed by atoms with Crippen molar-refractivity contribution in [1.82, 2.24) is 10.2 Å². The van der Waals surface area contributed by atoms with E-state index in [0.29, 0.717) is 28.1 Å². The third kappa shape index (κ3) is 3.17. The maximum absolute atomic E-state index is 14.0. The molecule has 2 aliphatic rings. The zero-order valence-electron chi connectivity index (χ0n) is 15.9. The predicted octanol–water partition coefficient (Wildman–Crippen LogP) is 1.78. The number of nitrogens with two attached hydrogens (primary N) is 1. The average molecular weight is 383 g/mol. The van der Waals surface area contributed by atoms with Crippen molar-refractivity contribution < 1.29 is 20.1 Å². The molecule has 0 unspecified atom stereocenters. The highest BCUT2D eigenvalue weighted by atomic mass is 19.1. The second kappa shape index (κ2) is 6.95. The number of carbonyl (C=O) groups excluding carboxylic acids is 3. The molecule has 1 atom stereocenters. The van der Waals surface area contributed by atoms with Gasteiger partial charge in [-0.25, -0.2) is 4.39 Å². The van der Waals surface area contributed by atoms with Crippen molar-refractivity contribution in [3.63, 3.8) is 0 Å². The third-order valence-corrected chi connectivity index (χ3v) is 4.94. The van der Waals surface area contributed by atoms with Crippen LogP contribution in [0.5, 0.6) is 0 Å². The molecule has 3 amide bonds. The van der Waals surface area contributed by atoms with E-state index in [9.17, 15) is 18.8 Å². The average Bonchev–Trinajstić information content (AvgIpc) is 3.02. The molecule has 8 heteroatoms. The van der Waals surface area contributed by atoms with Crippen molar-refractivity contribution in [3.05, 3.63) is 58.9 Å². The normalized spacial score (nSPS) is 22.0. The molecular weight excluding hydrogens is 363 g/mol. The van der Waals surface area contributed by atoms with Crippen LogP contribution in [0.4, 0.5) is 15.8 Å². The summed E-state index contributed by atoms with van der Waals surface area (Å²) < 4.78 is 22.6. The molecule has 2 heterocycles. The fourth-order valence-corrected chi connectivity index (χ4v) is 3.48. The molecule has 2 aromatic carbocycles. The Balaban J connectivity index is 1.58. The molecular formula is C20H19FN4O3. The lowest BCUT2D eigenvalue weighted by molar-refractivity contribution is -0.136. The van der Waals surface area contributed by atoms with Gasteiger partial charge in [-0.15, -0.1) is 0 Å². The van der Waals surface area contributed by atoms with Gasteiger partial charge >= 0.3 is 0 Å². The van der Waals surface area contributed by atoms with Crippen LogP contribution in [-0.2, 0) is 22.7 Å². The lowest BCUT2D eigenvalue weighted by Gasteiger charge is -2.29. The quantitative estimate of drug-likeness (QED) is 0.551. The van der Waals surface area contributed by atoms with Crippen molar-refractivity contribution in [2.45, 2.75) is 31.9 Å². The predicted molar refractivity (Wildman–Crippen MR) is 101 cm³/mol. The number of nitrogen functional groups attached to an aromatic ring is 1. The molecule has 0 radical (unpaired) electrons. The second-order valence-corrected chi connectivity index (χ2v) is 6.75. The molecule has 4 N–H and O–H groups in total. The Hall–Kier alpha value is -3.42. The first kappa shape index (κ1) is 16.7. The molecule has 2 aliphatic heterocycles. The smallest absolute Gasteiger partial charge is 0.255 e. The molecule has 1 saturated heterocycles. The minimum Gasteiger partial charge on any atom is -0.399 e. The van der Waals surface area contributed by atoms with Crippen LogP contribution >= 0.6 is 0 Å². The summed E-state index contributed by atoms with van der Waals surface area (Å²) in [6, 6.07) is 7.65. The number of hydrogen-bond acceptors (Lipinski definition) is 5. The zero-order chi connectivity index (χ0) is 20.8. The van der Waals surface area contributed by atoms with Crippen LogP contribution in [-0.4, -0.2) is 28.6 Å². The van der Waals surface area contributed by atoms with Gasteiger partial charge in [-0.05, 0) is 30.7 Å². The topological polar surface area (TPSA) is 105 Å². The van der Waals surface area contributed by atoms with Crippen molar-refractivity contribution in [2.75, 3.05) is 11.1 Å². The maximum Gasteiger partial charge on any atom is 0.255 e.